The zero-order chi connectivity index (χ0) is 4.28. The summed E-state index contributed by atoms with van der Waals surface area (Å²) in [6, 6.07) is 0. The van der Waals surface area contributed by atoms with Crippen molar-refractivity contribution in [2.75, 3.05) is 0 Å². The SMILES string of the molecule is OP(O)SCl. The van der Waals surface area contributed by atoms with Crippen molar-refractivity contribution >= 4 is 28.9 Å². The fraction of sp³-hybridized carbons (Fsp3) is 0. The van der Waals surface area contributed by atoms with E-state index in [-0.39, 0.29) is 0 Å². The molecule has 2 nitrogen and oxygen atoms in total. The minimum Gasteiger partial charge on any atom is -0.341 e. The van der Waals surface area contributed by atoms with Gasteiger partial charge in [0.1, 0.15) is 0 Å². The van der Waals surface area contributed by atoms with Crippen LogP contribution in [0.2, 0.25) is 0 Å². The standard InChI is InChI=1S/ClH2O2PS/c1-5-4(2)3/h2-3H. The lowest BCUT2D eigenvalue weighted by Crippen LogP contribution is -1.46. The molecule has 0 aromatic heterocycles. The summed E-state index contributed by atoms with van der Waals surface area (Å²) in [5.41, 5.74) is 0. The molecule has 0 aliphatic heterocycles. The molecule has 0 fully saturated rings. The molecule has 0 spiro atoms. The van der Waals surface area contributed by atoms with Gasteiger partial charge >= 0.3 is 0 Å². The molecule has 0 unspecified atom stereocenters. The predicted octanol–water partition coefficient (Wildman–Crippen LogP) is 1.08. The van der Waals surface area contributed by atoms with Crippen LogP contribution in [0.15, 0.2) is 0 Å². The van der Waals surface area contributed by atoms with Crippen molar-refractivity contribution in [3.63, 3.8) is 0 Å². The zero-order valence-corrected chi connectivity index (χ0v) is 4.59. The Hall–Kier alpha value is 0.990. The minimum absolute atomic E-state index is 0.528. The lowest BCUT2D eigenvalue weighted by Gasteiger charge is -1.84. The summed E-state index contributed by atoms with van der Waals surface area (Å²) in [7, 11) is 3.39. The van der Waals surface area contributed by atoms with Crippen LogP contribution in [0, 0.1) is 0 Å². The second-order valence-corrected chi connectivity index (χ2v) is 3.60. The van der Waals surface area contributed by atoms with Crippen LogP contribution in [0.25, 0.3) is 0 Å². The topological polar surface area (TPSA) is 40.5 Å². The van der Waals surface area contributed by atoms with Crippen molar-refractivity contribution in [3.05, 3.63) is 0 Å². The van der Waals surface area contributed by atoms with E-state index in [1.54, 1.807) is 0 Å². The second-order valence-electron chi connectivity index (χ2n) is 0.322. The van der Waals surface area contributed by atoms with Crippen LogP contribution < -0.4 is 0 Å². The van der Waals surface area contributed by atoms with E-state index in [2.05, 4.69) is 0 Å². The predicted molar refractivity (Wildman–Crippen MR) is 24.8 cm³/mol. The lowest BCUT2D eigenvalue weighted by atomic mass is 15.9. The van der Waals surface area contributed by atoms with Gasteiger partial charge in [0.05, 0.1) is 0 Å². The summed E-state index contributed by atoms with van der Waals surface area (Å²) in [6.07, 6.45) is 0. The molecule has 0 amide bonds. The maximum Gasteiger partial charge on any atom is 0.248 e. The normalized spacial score (nSPS) is 9.60. The largest absolute Gasteiger partial charge is 0.341 e. The fourth-order valence-corrected chi connectivity index (χ4v) is 0. The van der Waals surface area contributed by atoms with Gasteiger partial charge in [-0.3, -0.25) is 0 Å². The molecule has 2 N–H and O–H groups in total. The Balaban J connectivity index is 2.54. The average Bonchev–Trinajstić information content (AvgIpc) is 1.38. The summed E-state index contributed by atoms with van der Waals surface area (Å²) in [6.45, 7) is 0. The Morgan fingerprint density at radius 3 is 1.80 bits per heavy atom. The molecule has 0 radical (unpaired) electrons. The molecule has 0 aromatic carbocycles. The highest BCUT2D eigenvalue weighted by molar-refractivity contribution is 8.64. The first-order chi connectivity index (χ1) is 2.27. The summed E-state index contributed by atoms with van der Waals surface area (Å²) >= 11 is 0. The van der Waals surface area contributed by atoms with Crippen LogP contribution in [0.3, 0.4) is 0 Å². The van der Waals surface area contributed by atoms with Gasteiger partial charge in [-0.15, -0.1) is 0 Å². The smallest absolute Gasteiger partial charge is 0.248 e. The second kappa shape index (κ2) is 3.19. The van der Waals surface area contributed by atoms with E-state index in [0.29, 0.717) is 10.6 Å². The van der Waals surface area contributed by atoms with Gasteiger partial charge in [-0.05, 0) is 10.7 Å². The first kappa shape index (κ1) is 5.99. The molecular formula is H2ClO2PS. The van der Waals surface area contributed by atoms with Gasteiger partial charge in [0.2, 0.25) is 7.58 Å². The van der Waals surface area contributed by atoms with E-state index in [0.717, 1.165) is 0 Å². The zero-order valence-electron chi connectivity index (χ0n) is 2.13. The van der Waals surface area contributed by atoms with E-state index < -0.39 is 7.58 Å². The molecule has 5 heteroatoms. The van der Waals surface area contributed by atoms with Gasteiger partial charge < -0.3 is 9.79 Å². The maximum absolute atomic E-state index is 7.81. The van der Waals surface area contributed by atoms with Gasteiger partial charge in [0.15, 0.2) is 0 Å². The summed E-state index contributed by atoms with van der Waals surface area (Å²) in [4.78, 5) is 15.6. The number of rotatable bonds is 1. The van der Waals surface area contributed by atoms with Crippen molar-refractivity contribution in [3.8, 4) is 0 Å². The monoisotopic (exact) mass is 132 g/mol. The number of halogens is 1. The van der Waals surface area contributed by atoms with Crippen molar-refractivity contribution < 1.29 is 9.79 Å². The van der Waals surface area contributed by atoms with Crippen LogP contribution in [0.5, 0.6) is 0 Å². The molecule has 0 rings (SSSR count). The Bertz CT molecular complexity index is 23.6. The Labute approximate surface area is 39.3 Å². The average molecular weight is 133 g/mol. The maximum atomic E-state index is 7.81. The van der Waals surface area contributed by atoms with Crippen LogP contribution in [-0.2, 0) is 0 Å². The van der Waals surface area contributed by atoms with Crippen LogP contribution >= 0.6 is 28.9 Å². The number of hydrogen-bond acceptors (Lipinski definition) is 3. The Morgan fingerprint density at radius 1 is 1.60 bits per heavy atom. The van der Waals surface area contributed by atoms with Gasteiger partial charge in [-0.2, -0.15) is 0 Å². The molecule has 0 atom stereocenters. The third-order valence-corrected chi connectivity index (χ3v) is 1.67. The molecule has 0 bridgehead atoms. The minimum atomic E-state index is -1.92. The van der Waals surface area contributed by atoms with Crippen molar-refractivity contribution in [2.24, 2.45) is 0 Å². The van der Waals surface area contributed by atoms with E-state index in [9.17, 15) is 0 Å². The third-order valence-electron chi connectivity index (χ3n) is 0.0617. The highest BCUT2D eigenvalue weighted by Gasteiger charge is 1.89. The van der Waals surface area contributed by atoms with Crippen molar-refractivity contribution in [1.82, 2.24) is 0 Å². The third kappa shape index (κ3) is 4.99. The van der Waals surface area contributed by atoms with Gasteiger partial charge in [0.25, 0.3) is 0 Å². The Morgan fingerprint density at radius 2 is 1.80 bits per heavy atom. The lowest BCUT2D eigenvalue weighted by molar-refractivity contribution is 0.506. The van der Waals surface area contributed by atoms with Gasteiger partial charge in [-0.25, -0.2) is 0 Å². The quantitative estimate of drug-likeness (QED) is 0.525. The fourth-order valence-electron chi connectivity index (χ4n) is 0. The molecule has 0 aromatic rings. The van der Waals surface area contributed by atoms with Crippen molar-refractivity contribution in [1.29, 1.82) is 0 Å². The molecule has 0 aliphatic rings. The summed E-state index contributed by atoms with van der Waals surface area (Å²) < 4.78 is 0. The summed E-state index contributed by atoms with van der Waals surface area (Å²) in [5.74, 6) is 0. The molecule has 0 saturated carbocycles. The first-order valence-electron chi connectivity index (χ1n) is 0.737. The number of hydrogen-bond donors (Lipinski definition) is 2. The Kier molecular flexibility index (Phi) is 3.82. The molecule has 0 saturated heterocycles. The molecule has 0 aliphatic carbocycles. The first-order valence-corrected chi connectivity index (χ1v) is 4.23. The van der Waals surface area contributed by atoms with Gasteiger partial charge in [-0.1, -0.05) is 0 Å². The van der Waals surface area contributed by atoms with Crippen LogP contribution in [0.1, 0.15) is 0 Å². The van der Waals surface area contributed by atoms with Gasteiger partial charge in [0, 0.05) is 10.6 Å². The highest BCUT2D eigenvalue weighted by atomic mass is 35.7. The van der Waals surface area contributed by atoms with E-state index in [1.165, 1.54) is 0 Å². The summed E-state index contributed by atoms with van der Waals surface area (Å²) in [5, 5.41) is 0. The van der Waals surface area contributed by atoms with Crippen LogP contribution in [-0.4, -0.2) is 9.79 Å². The van der Waals surface area contributed by atoms with E-state index in [4.69, 9.17) is 20.5 Å². The molecular weight excluding hydrogens is 130 g/mol. The molecule has 32 valence electrons. The van der Waals surface area contributed by atoms with Crippen LogP contribution in [0.4, 0.5) is 0 Å². The molecule has 5 heavy (non-hydrogen) atoms. The highest BCUT2D eigenvalue weighted by Crippen LogP contribution is 2.43. The van der Waals surface area contributed by atoms with E-state index in [1.807, 2.05) is 0 Å². The molecule has 0 heterocycles. The van der Waals surface area contributed by atoms with Crippen molar-refractivity contribution in [2.45, 2.75) is 0 Å². The van der Waals surface area contributed by atoms with E-state index >= 15 is 0 Å².